The lowest BCUT2D eigenvalue weighted by Gasteiger charge is -2.26. The second-order valence-corrected chi connectivity index (χ2v) is 5.49. The fraction of sp³-hybridized carbons (Fsp3) is 0.538. The fourth-order valence-corrected chi connectivity index (χ4v) is 2.22. The second kappa shape index (κ2) is 5.19. The summed E-state index contributed by atoms with van der Waals surface area (Å²) >= 11 is 3.46. The quantitative estimate of drug-likeness (QED) is 0.916. The van der Waals surface area contributed by atoms with Crippen molar-refractivity contribution in [2.75, 3.05) is 6.61 Å². The molecule has 3 heteroatoms. The molecule has 0 unspecified atom stereocenters. The molecule has 88 valence electrons. The van der Waals surface area contributed by atoms with Gasteiger partial charge in [-0.1, -0.05) is 28.4 Å². The Hall–Kier alpha value is -0.540. The van der Waals surface area contributed by atoms with Gasteiger partial charge in [0.05, 0.1) is 6.61 Å². The van der Waals surface area contributed by atoms with Gasteiger partial charge in [0.1, 0.15) is 5.75 Å². The summed E-state index contributed by atoms with van der Waals surface area (Å²) in [5, 5.41) is 0. The average molecular weight is 284 g/mol. The van der Waals surface area contributed by atoms with E-state index in [9.17, 15) is 0 Å². The van der Waals surface area contributed by atoms with Crippen LogP contribution in [0.15, 0.2) is 22.7 Å². The zero-order valence-electron chi connectivity index (χ0n) is 9.58. The summed E-state index contributed by atoms with van der Waals surface area (Å²) in [5.74, 6) is 1.68. The molecule has 16 heavy (non-hydrogen) atoms. The van der Waals surface area contributed by atoms with Crippen LogP contribution < -0.4 is 10.5 Å². The van der Waals surface area contributed by atoms with Crippen LogP contribution in [0.2, 0.25) is 0 Å². The van der Waals surface area contributed by atoms with E-state index in [1.54, 1.807) is 0 Å². The van der Waals surface area contributed by atoms with Crippen LogP contribution in [0.1, 0.15) is 37.8 Å². The van der Waals surface area contributed by atoms with E-state index in [-0.39, 0.29) is 6.04 Å². The summed E-state index contributed by atoms with van der Waals surface area (Å²) in [7, 11) is 0. The van der Waals surface area contributed by atoms with Gasteiger partial charge in [-0.05, 0) is 37.8 Å². The maximum absolute atomic E-state index is 5.92. The minimum absolute atomic E-state index is 0.0180. The lowest BCUT2D eigenvalue weighted by atomic mass is 9.86. The summed E-state index contributed by atoms with van der Waals surface area (Å²) in [6.45, 7) is 2.82. The Labute approximate surface area is 105 Å². The van der Waals surface area contributed by atoms with Crippen LogP contribution in [0.5, 0.6) is 5.75 Å². The number of ether oxygens (including phenoxy) is 1. The molecule has 0 radical (unpaired) electrons. The van der Waals surface area contributed by atoms with E-state index in [0.717, 1.165) is 28.3 Å². The van der Waals surface area contributed by atoms with Crippen molar-refractivity contribution in [3.63, 3.8) is 0 Å². The molecule has 1 saturated carbocycles. The van der Waals surface area contributed by atoms with Gasteiger partial charge in [-0.2, -0.15) is 0 Å². The Morgan fingerprint density at radius 3 is 2.81 bits per heavy atom. The largest absolute Gasteiger partial charge is 0.493 e. The van der Waals surface area contributed by atoms with Gasteiger partial charge in [-0.15, -0.1) is 0 Å². The monoisotopic (exact) mass is 283 g/mol. The molecule has 1 aliphatic rings. The minimum Gasteiger partial charge on any atom is -0.493 e. The zero-order valence-corrected chi connectivity index (χ0v) is 11.2. The van der Waals surface area contributed by atoms with Gasteiger partial charge >= 0.3 is 0 Å². The van der Waals surface area contributed by atoms with Crippen molar-refractivity contribution in [2.45, 2.75) is 32.2 Å². The van der Waals surface area contributed by atoms with Gasteiger partial charge < -0.3 is 10.5 Å². The molecule has 1 aromatic carbocycles. The van der Waals surface area contributed by atoms with Crippen molar-refractivity contribution in [3.05, 3.63) is 28.2 Å². The van der Waals surface area contributed by atoms with Gasteiger partial charge in [0.15, 0.2) is 0 Å². The maximum Gasteiger partial charge on any atom is 0.125 e. The number of hydrogen-bond donors (Lipinski definition) is 1. The van der Waals surface area contributed by atoms with Crippen LogP contribution >= 0.6 is 15.9 Å². The Balaban J connectivity index is 2.06. The molecule has 0 heterocycles. The minimum atomic E-state index is 0.0180. The summed E-state index contributed by atoms with van der Waals surface area (Å²) in [4.78, 5) is 0. The van der Waals surface area contributed by atoms with E-state index in [1.165, 1.54) is 19.3 Å². The number of hydrogen-bond acceptors (Lipinski definition) is 2. The standard InChI is InChI=1S/C13H18BrNO/c1-9(15)12-6-5-11(14)7-13(12)16-8-10-3-2-4-10/h5-7,9-10H,2-4,8,15H2,1H3/t9-/m0/s1. The molecule has 0 spiro atoms. The molecule has 2 rings (SSSR count). The van der Waals surface area contributed by atoms with Crippen molar-refractivity contribution < 1.29 is 4.74 Å². The van der Waals surface area contributed by atoms with E-state index >= 15 is 0 Å². The molecule has 0 aromatic heterocycles. The first-order chi connectivity index (χ1) is 7.66. The molecule has 1 atom stereocenters. The predicted octanol–water partition coefficient (Wildman–Crippen LogP) is 3.65. The van der Waals surface area contributed by atoms with Gasteiger partial charge in [-0.25, -0.2) is 0 Å². The first kappa shape index (κ1) is 11.9. The van der Waals surface area contributed by atoms with E-state index < -0.39 is 0 Å². The highest BCUT2D eigenvalue weighted by Crippen LogP contribution is 2.31. The molecule has 2 N–H and O–H groups in total. The molecule has 0 saturated heterocycles. The molecule has 2 nitrogen and oxygen atoms in total. The topological polar surface area (TPSA) is 35.2 Å². The summed E-state index contributed by atoms with van der Waals surface area (Å²) < 4.78 is 6.92. The first-order valence-corrected chi connectivity index (χ1v) is 6.64. The average Bonchev–Trinajstić information content (AvgIpc) is 2.14. The maximum atomic E-state index is 5.92. The van der Waals surface area contributed by atoms with Crippen molar-refractivity contribution in [2.24, 2.45) is 11.7 Å². The lowest BCUT2D eigenvalue weighted by Crippen LogP contribution is -2.20. The molecule has 0 aliphatic heterocycles. The zero-order chi connectivity index (χ0) is 11.5. The molecule has 0 amide bonds. The third-order valence-corrected chi connectivity index (χ3v) is 3.66. The highest BCUT2D eigenvalue weighted by molar-refractivity contribution is 9.10. The van der Waals surface area contributed by atoms with Crippen molar-refractivity contribution in [3.8, 4) is 5.75 Å². The van der Waals surface area contributed by atoms with E-state index in [2.05, 4.69) is 15.9 Å². The third-order valence-electron chi connectivity index (χ3n) is 3.17. The molecule has 1 aliphatic carbocycles. The predicted molar refractivity (Wildman–Crippen MR) is 69.6 cm³/mol. The Morgan fingerprint density at radius 2 is 2.25 bits per heavy atom. The number of rotatable bonds is 4. The van der Waals surface area contributed by atoms with Crippen molar-refractivity contribution >= 4 is 15.9 Å². The summed E-state index contributed by atoms with van der Waals surface area (Å²) in [5.41, 5.74) is 7.01. The van der Waals surface area contributed by atoms with Gasteiger partial charge in [-0.3, -0.25) is 0 Å². The van der Waals surface area contributed by atoms with Crippen LogP contribution in [0.4, 0.5) is 0 Å². The lowest BCUT2D eigenvalue weighted by molar-refractivity contribution is 0.179. The summed E-state index contributed by atoms with van der Waals surface area (Å²) in [6, 6.07) is 6.07. The Morgan fingerprint density at radius 1 is 1.50 bits per heavy atom. The Bertz CT molecular complexity index is 361. The third kappa shape index (κ3) is 2.77. The van der Waals surface area contributed by atoms with E-state index in [4.69, 9.17) is 10.5 Å². The van der Waals surface area contributed by atoms with Crippen LogP contribution in [-0.2, 0) is 0 Å². The number of benzene rings is 1. The van der Waals surface area contributed by atoms with Crippen molar-refractivity contribution in [1.82, 2.24) is 0 Å². The molecular weight excluding hydrogens is 266 g/mol. The van der Waals surface area contributed by atoms with E-state index in [1.807, 2.05) is 25.1 Å². The number of nitrogens with two attached hydrogens (primary N) is 1. The Kier molecular flexibility index (Phi) is 3.87. The fourth-order valence-electron chi connectivity index (χ4n) is 1.88. The second-order valence-electron chi connectivity index (χ2n) is 4.58. The van der Waals surface area contributed by atoms with E-state index in [0.29, 0.717) is 0 Å². The van der Waals surface area contributed by atoms with Crippen LogP contribution in [-0.4, -0.2) is 6.61 Å². The molecule has 1 fully saturated rings. The highest BCUT2D eigenvalue weighted by Gasteiger charge is 2.19. The number of halogens is 1. The van der Waals surface area contributed by atoms with Crippen molar-refractivity contribution in [1.29, 1.82) is 0 Å². The van der Waals surface area contributed by atoms with Crippen LogP contribution in [0.25, 0.3) is 0 Å². The summed E-state index contributed by atoms with van der Waals surface area (Å²) in [6.07, 6.45) is 3.97. The van der Waals surface area contributed by atoms with Gasteiger partial charge in [0.2, 0.25) is 0 Å². The SMILES string of the molecule is C[C@H](N)c1ccc(Br)cc1OCC1CCC1. The first-order valence-electron chi connectivity index (χ1n) is 5.84. The molecular formula is C13H18BrNO. The smallest absolute Gasteiger partial charge is 0.125 e. The molecule has 0 bridgehead atoms. The van der Waals surface area contributed by atoms with Crippen LogP contribution in [0.3, 0.4) is 0 Å². The van der Waals surface area contributed by atoms with Crippen LogP contribution in [0, 0.1) is 5.92 Å². The normalized spacial score (nSPS) is 17.9. The van der Waals surface area contributed by atoms with Gasteiger partial charge in [0, 0.05) is 16.1 Å². The molecule has 1 aromatic rings. The van der Waals surface area contributed by atoms with Gasteiger partial charge in [0.25, 0.3) is 0 Å². The highest BCUT2D eigenvalue weighted by atomic mass is 79.9.